The topological polar surface area (TPSA) is 81.6 Å². The maximum absolute atomic E-state index is 14.9. The summed E-state index contributed by atoms with van der Waals surface area (Å²) in [6.07, 6.45) is 6.80. The van der Waals surface area contributed by atoms with Gasteiger partial charge in [0.1, 0.15) is 17.5 Å². The normalized spacial score (nSPS) is 18.2. The molecule has 1 saturated heterocycles. The van der Waals surface area contributed by atoms with Crippen molar-refractivity contribution in [3.8, 4) is 11.3 Å². The highest BCUT2D eigenvalue weighted by atomic mass is 19.1. The second-order valence-electron chi connectivity index (χ2n) is 9.49. The van der Waals surface area contributed by atoms with Crippen molar-refractivity contribution in [2.24, 2.45) is 11.7 Å². The summed E-state index contributed by atoms with van der Waals surface area (Å²) in [5, 5.41) is 4.57. The first-order chi connectivity index (χ1) is 17.4. The zero-order chi connectivity index (χ0) is 25.2. The number of halogens is 2. The summed E-state index contributed by atoms with van der Waals surface area (Å²) in [6.45, 7) is 6.37. The molecule has 0 saturated carbocycles. The Morgan fingerprint density at radius 3 is 2.67 bits per heavy atom. The van der Waals surface area contributed by atoms with Gasteiger partial charge in [-0.1, -0.05) is 6.92 Å². The summed E-state index contributed by atoms with van der Waals surface area (Å²) < 4.78 is 36.8. The fraction of sp³-hybridized carbons (Fsp3) is 0.370. The van der Waals surface area contributed by atoms with Crippen molar-refractivity contribution < 1.29 is 13.5 Å². The number of nitrogens with two attached hydrogens (primary N) is 1. The molecule has 0 amide bonds. The number of nitrogens with zero attached hydrogens (tertiary/aromatic N) is 5. The Kier molecular flexibility index (Phi) is 6.93. The van der Waals surface area contributed by atoms with Gasteiger partial charge in [-0.3, -0.25) is 4.98 Å². The Hall–Kier alpha value is -3.43. The summed E-state index contributed by atoms with van der Waals surface area (Å²) in [7, 11) is 0. The predicted octanol–water partition coefficient (Wildman–Crippen LogP) is 4.37. The van der Waals surface area contributed by atoms with E-state index in [0.29, 0.717) is 30.3 Å². The van der Waals surface area contributed by atoms with E-state index in [9.17, 15) is 8.78 Å². The standard InChI is InChI=1S/C27H30F2N6O/c1-3-36-16-18-9-22(28)27(23(29)10-18)24-5-4-21-13-32-26(35(21)33-24)11-19-12-31-7-6-25(19)34-14-17(2)8-20(30)15-34/h4-7,9-10,12-13,17,20H,3,8,11,14-16,30H2,1-2H3/t17-,20+/m1/s1. The van der Waals surface area contributed by atoms with Gasteiger partial charge in [-0.2, -0.15) is 5.10 Å². The first-order valence-electron chi connectivity index (χ1n) is 12.3. The summed E-state index contributed by atoms with van der Waals surface area (Å²) >= 11 is 0. The van der Waals surface area contributed by atoms with Crippen molar-refractivity contribution >= 4 is 11.2 Å². The Balaban J connectivity index is 1.48. The third kappa shape index (κ3) is 4.94. The van der Waals surface area contributed by atoms with E-state index in [2.05, 4.69) is 26.9 Å². The molecule has 9 heteroatoms. The number of imidazole rings is 1. The van der Waals surface area contributed by atoms with Gasteiger partial charge in [-0.15, -0.1) is 0 Å². The van der Waals surface area contributed by atoms with Crippen LogP contribution in [0.5, 0.6) is 0 Å². The minimum Gasteiger partial charge on any atom is -0.377 e. The van der Waals surface area contributed by atoms with Crippen molar-refractivity contribution in [2.75, 3.05) is 24.6 Å². The van der Waals surface area contributed by atoms with Crippen LogP contribution in [0.1, 0.15) is 37.2 Å². The van der Waals surface area contributed by atoms with E-state index in [1.165, 1.54) is 12.1 Å². The molecule has 1 aliphatic rings. The minimum absolute atomic E-state index is 0.121. The van der Waals surface area contributed by atoms with Crippen LogP contribution in [0, 0.1) is 17.6 Å². The molecule has 0 spiro atoms. The van der Waals surface area contributed by atoms with E-state index in [1.807, 2.05) is 19.2 Å². The average molecular weight is 493 g/mol. The molecule has 1 aliphatic heterocycles. The van der Waals surface area contributed by atoms with E-state index in [1.54, 1.807) is 29.0 Å². The fourth-order valence-corrected chi connectivity index (χ4v) is 4.99. The molecule has 0 aliphatic carbocycles. The zero-order valence-electron chi connectivity index (χ0n) is 20.5. The number of aromatic nitrogens is 4. The minimum atomic E-state index is -0.677. The molecular formula is C27H30F2N6O. The molecule has 4 aromatic rings. The van der Waals surface area contributed by atoms with E-state index in [-0.39, 0.29) is 23.9 Å². The second-order valence-corrected chi connectivity index (χ2v) is 9.49. The summed E-state index contributed by atoms with van der Waals surface area (Å²) in [5.74, 6) is -0.202. The molecule has 36 heavy (non-hydrogen) atoms. The third-order valence-corrected chi connectivity index (χ3v) is 6.54. The van der Waals surface area contributed by atoms with Crippen molar-refractivity contribution in [3.05, 3.63) is 77.5 Å². The lowest BCUT2D eigenvalue weighted by Crippen LogP contribution is -2.46. The number of hydrogen-bond donors (Lipinski definition) is 1. The quantitative estimate of drug-likeness (QED) is 0.413. The second kappa shape index (κ2) is 10.3. The number of hydrogen-bond acceptors (Lipinski definition) is 6. The van der Waals surface area contributed by atoms with Crippen LogP contribution in [0.15, 0.2) is 48.9 Å². The summed E-state index contributed by atoms with van der Waals surface area (Å²) in [4.78, 5) is 11.2. The Morgan fingerprint density at radius 2 is 1.92 bits per heavy atom. The molecule has 188 valence electrons. The van der Waals surface area contributed by atoms with Crippen LogP contribution in [0.2, 0.25) is 0 Å². The highest BCUT2D eigenvalue weighted by Gasteiger charge is 2.24. The van der Waals surface area contributed by atoms with Crippen LogP contribution >= 0.6 is 0 Å². The molecule has 3 aromatic heterocycles. The number of rotatable bonds is 7. The van der Waals surface area contributed by atoms with E-state index in [0.717, 1.165) is 36.3 Å². The lowest BCUT2D eigenvalue weighted by molar-refractivity contribution is 0.133. The van der Waals surface area contributed by atoms with Gasteiger partial charge in [-0.05, 0) is 55.2 Å². The van der Waals surface area contributed by atoms with Crippen LogP contribution < -0.4 is 10.6 Å². The lowest BCUT2D eigenvalue weighted by Gasteiger charge is -2.37. The molecule has 2 atom stereocenters. The maximum Gasteiger partial charge on any atom is 0.135 e. The molecule has 5 rings (SSSR count). The fourth-order valence-electron chi connectivity index (χ4n) is 4.99. The molecule has 7 nitrogen and oxygen atoms in total. The van der Waals surface area contributed by atoms with Crippen molar-refractivity contribution in [1.29, 1.82) is 0 Å². The van der Waals surface area contributed by atoms with Crippen LogP contribution in [-0.2, 0) is 17.8 Å². The number of piperidine rings is 1. The van der Waals surface area contributed by atoms with Gasteiger partial charge < -0.3 is 15.4 Å². The van der Waals surface area contributed by atoms with Crippen LogP contribution in [0.4, 0.5) is 14.5 Å². The van der Waals surface area contributed by atoms with Crippen molar-refractivity contribution in [2.45, 2.75) is 39.3 Å². The van der Waals surface area contributed by atoms with Gasteiger partial charge in [0.05, 0.1) is 29.6 Å². The van der Waals surface area contributed by atoms with E-state index >= 15 is 0 Å². The molecule has 0 bridgehead atoms. The number of pyridine rings is 1. The van der Waals surface area contributed by atoms with Crippen molar-refractivity contribution in [3.63, 3.8) is 0 Å². The summed E-state index contributed by atoms with van der Waals surface area (Å²) in [5.41, 5.74) is 9.56. The first-order valence-corrected chi connectivity index (χ1v) is 12.3. The highest BCUT2D eigenvalue weighted by Crippen LogP contribution is 2.29. The number of benzene rings is 1. The molecule has 2 N–H and O–H groups in total. The van der Waals surface area contributed by atoms with Gasteiger partial charge in [0.25, 0.3) is 0 Å². The van der Waals surface area contributed by atoms with Crippen LogP contribution in [-0.4, -0.2) is 45.3 Å². The SMILES string of the molecule is CCOCc1cc(F)c(-c2ccc3cnc(Cc4cnccc4N4C[C@H](C)C[C@H](N)C4)n3n2)c(F)c1. The van der Waals surface area contributed by atoms with E-state index in [4.69, 9.17) is 10.5 Å². The molecule has 0 unspecified atom stereocenters. The van der Waals surface area contributed by atoms with Gasteiger partial charge in [0.2, 0.25) is 0 Å². The lowest BCUT2D eigenvalue weighted by atomic mass is 9.95. The number of ether oxygens (including phenoxy) is 1. The van der Waals surface area contributed by atoms with Crippen molar-refractivity contribution in [1.82, 2.24) is 19.6 Å². The maximum atomic E-state index is 14.9. The zero-order valence-corrected chi connectivity index (χ0v) is 20.5. The first kappa shape index (κ1) is 24.3. The number of anilines is 1. The highest BCUT2D eigenvalue weighted by molar-refractivity contribution is 5.63. The summed E-state index contributed by atoms with van der Waals surface area (Å²) in [6, 6.07) is 8.08. The number of fused-ring (bicyclic) bond motifs is 1. The van der Waals surface area contributed by atoms with Gasteiger partial charge >= 0.3 is 0 Å². The Labute approximate surface area is 208 Å². The predicted molar refractivity (Wildman–Crippen MR) is 135 cm³/mol. The largest absolute Gasteiger partial charge is 0.377 e. The van der Waals surface area contributed by atoms with Gasteiger partial charge in [0.15, 0.2) is 0 Å². The third-order valence-electron chi connectivity index (χ3n) is 6.54. The monoisotopic (exact) mass is 492 g/mol. The van der Waals surface area contributed by atoms with Crippen LogP contribution in [0.25, 0.3) is 16.8 Å². The molecule has 4 heterocycles. The molecule has 1 fully saturated rings. The van der Waals surface area contributed by atoms with Crippen LogP contribution in [0.3, 0.4) is 0 Å². The average Bonchev–Trinajstić information content (AvgIpc) is 3.24. The molecule has 0 radical (unpaired) electrons. The van der Waals surface area contributed by atoms with Gasteiger partial charge in [0, 0.05) is 55.8 Å². The van der Waals surface area contributed by atoms with E-state index < -0.39 is 11.6 Å². The Bertz CT molecular complexity index is 1340. The smallest absolute Gasteiger partial charge is 0.135 e. The van der Waals surface area contributed by atoms with Gasteiger partial charge in [-0.25, -0.2) is 18.3 Å². The molecule has 1 aromatic carbocycles. The Morgan fingerprint density at radius 1 is 1.11 bits per heavy atom. The molecular weight excluding hydrogens is 462 g/mol.